The first-order valence-corrected chi connectivity index (χ1v) is 5.24. The fourth-order valence-electron chi connectivity index (χ4n) is 1.73. The van der Waals surface area contributed by atoms with Crippen molar-refractivity contribution in [1.82, 2.24) is 0 Å². The average molecular weight is 249 g/mol. The lowest BCUT2D eigenvalue weighted by Gasteiger charge is -2.15. The van der Waals surface area contributed by atoms with Crippen molar-refractivity contribution in [1.29, 1.82) is 0 Å². The molecule has 0 spiro atoms. The quantitative estimate of drug-likeness (QED) is 0.780. The number of carbonyl (C=O) groups is 2. The van der Waals surface area contributed by atoms with Gasteiger partial charge in [-0.05, 0) is 12.5 Å². The maximum atomic E-state index is 11.0. The van der Waals surface area contributed by atoms with Crippen LogP contribution in [-0.2, 0) is 14.4 Å². The first-order valence-electron chi connectivity index (χ1n) is 5.24. The zero-order chi connectivity index (χ0) is 13.3. The van der Waals surface area contributed by atoms with Crippen LogP contribution in [-0.4, -0.2) is 33.5 Å². The van der Waals surface area contributed by atoms with Gasteiger partial charge in [-0.3, -0.25) is 0 Å². The van der Waals surface area contributed by atoms with Crippen LogP contribution in [0.25, 0.3) is 0 Å². The largest absolute Gasteiger partial charge is 0.478 e. The molecule has 0 aromatic heterocycles. The lowest BCUT2D eigenvalue weighted by atomic mass is 9.94. The van der Waals surface area contributed by atoms with Crippen molar-refractivity contribution < 1.29 is 24.6 Å². The van der Waals surface area contributed by atoms with Crippen molar-refractivity contribution in [3.8, 4) is 0 Å². The summed E-state index contributed by atoms with van der Waals surface area (Å²) in [6, 6.07) is 7.19. The van der Waals surface area contributed by atoms with Gasteiger partial charge in [0.15, 0.2) is 0 Å². The molecule has 0 atom stereocenters. The molecule has 1 aromatic rings. The van der Waals surface area contributed by atoms with Crippen molar-refractivity contribution in [2.75, 3.05) is 0 Å². The topological polar surface area (TPSA) is 96.2 Å². The molecule has 0 saturated carbocycles. The van der Waals surface area contributed by atoms with Crippen LogP contribution in [0.15, 0.2) is 29.4 Å². The van der Waals surface area contributed by atoms with Crippen LogP contribution in [0.4, 0.5) is 0 Å². The van der Waals surface area contributed by atoms with Crippen LogP contribution < -0.4 is 0 Å². The van der Waals surface area contributed by atoms with Gasteiger partial charge in [0.25, 0.3) is 0 Å². The molecule has 1 aliphatic rings. The molecule has 2 N–H and O–H groups in total. The molecule has 0 amide bonds. The highest BCUT2D eigenvalue weighted by molar-refractivity contribution is 6.12. The Labute approximate surface area is 102 Å². The number of rotatable bonds is 3. The van der Waals surface area contributed by atoms with Gasteiger partial charge in [0, 0.05) is 0 Å². The van der Waals surface area contributed by atoms with Crippen LogP contribution >= 0.6 is 0 Å². The first kappa shape index (κ1) is 12.1. The summed E-state index contributed by atoms with van der Waals surface area (Å²) in [6.07, 6.45) is -0.291. The van der Waals surface area contributed by atoms with E-state index < -0.39 is 17.5 Å². The number of carboxylic acid groups (broad SMARTS) is 2. The average Bonchev–Trinajstić information content (AvgIpc) is 2.75. The smallest absolute Gasteiger partial charge is 0.363 e. The standard InChI is InChI=1S/C12H11NO5/c1-7-3-2-4-8(5-7)9-6-12(10(14)15,11(16)17)18-13-9/h2-5H,6H2,1H3,(H,14,15)(H,16,17). The molecule has 0 bridgehead atoms. The van der Waals surface area contributed by atoms with Crippen molar-refractivity contribution >= 4 is 17.7 Å². The van der Waals surface area contributed by atoms with E-state index in [1.165, 1.54) is 0 Å². The molecule has 6 heteroatoms. The lowest BCUT2D eigenvalue weighted by Crippen LogP contribution is -2.46. The van der Waals surface area contributed by atoms with Crippen LogP contribution in [0.2, 0.25) is 0 Å². The monoisotopic (exact) mass is 249 g/mol. The molecule has 18 heavy (non-hydrogen) atoms. The summed E-state index contributed by atoms with van der Waals surface area (Å²) in [7, 11) is 0. The molecule has 1 aromatic carbocycles. The van der Waals surface area contributed by atoms with Gasteiger partial charge < -0.3 is 15.1 Å². The molecule has 0 aliphatic carbocycles. The molecule has 6 nitrogen and oxygen atoms in total. The second kappa shape index (κ2) is 4.14. The molecule has 0 saturated heterocycles. The van der Waals surface area contributed by atoms with Crippen molar-refractivity contribution in [2.24, 2.45) is 5.16 Å². The van der Waals surface area contributed by atoms with Crippen LogP contribution in [0.3, 0.4) is 0 Å². The molecule has 0 unspecified atom stereocenters. The van der Waals surface area contributed by atoms with Gasteiger partial charge in [0.1, 0.15) is 0 Å². The van der Waals surface area contributed by atoms with E-state index in [-0.39, 0.29) is 6.42 Å². The van der Waals surface area contributed by atoms with E-state index in [0.717, 1.165) is 5.56 Å². The molecule has 1 aliphatic heterocycles. The highest BCUT2D eigenvalue weighted by atomic mass is 16.7. The van der Waals surface area contributed by atoms with Crippen LogP contribution in [0.1, 0.15) is 17.5 Å². The Hall–Kier alpha value is -2.37. The second-order valence-corrected chi connectivity index (χ2v) is 4.11. The third-order valence-corrected chi connectivity index (χ3v) is 2.77. The zero-order valence-electron chi connectivity index (χ0n) is 9.58. The van der Waals surface area contributed by atoms with E-state index in [9.17, 15) is 9.59 Å². The van der Waals surface area contributed by atoms with E-state index in [4.69, 9.17) is 10.2 Å². The number of benzene rings is 1. The fraction of sp³-hybridized carbons (Fsp3) is 0.250. The van der Waals surface area contributed by atoms with E-state index >= 15 is 0 Å². The van der Waals surface area contributed by atoms with Gasteiger partial charge in [-0.1, -0.05) is 35.0 Å². The molecule has 94 valence electrons. The third-order valence-electron chi connectivity index (χ3n) is 2.77. The number of hydrogen-bond acceptors (Lipinski definition) is 4. The Morgan fingerprint density at radius 2 is 2.00 bits per heavy atom. The van der Waals surface area contributed by atoms with Crippen molar-refractivity contribution in [3.05, 3.63) is 35.4 Å². The van der Waals surface area contributed by atoms with Gasteiger partial charge in [-0.2, -0.15) is 0 Å². The Bertz CT molecular complexity index is 535. The first-order chi connectivity index (χ1) is 8.45. The fourth-order valence-corrected chi connectivity index (χ4v) is 1.73. The minimum absolute atomic E-state index is 0.291. The molecule has 1 heterocycles. The van der Waals surface area contributed by atoms with Crippen molar-refractivity contribution in [3.63, 3.8) is 0 Å². The zero-order valence-corrected chi connectivity index (χ0v) is 9.58. The van der Waals surface area contributed by atoms with Gasteiger partial charge in [-0.15, -0.1) is 0 Å². The lowest BCUT2D eigenvalue weighted by molar-refractivity contribution is -0.179. The number of carboxylic acids is 2. The summed E-state index contributed by atoms with van der Waals surface area (Å²) in [6.45, 7) is 1.88. The number of aryl methyl sites for hydroxylation is 1. The number of nitrogens with zero attached hydrogens (tertiary/aromatic N) is 1. The highest BCUT2D eigenvalue weighted by Crippen LogP contribution is 2.28. The Morgan fingerprint density at radius 1 is 1.33 bits per heavy atom. The second-order valence-electron chi connectivity index (χ2n) is 4.11. The van der Waals surface area contributed by atoms with E-state index in [0.29, 0.717) is 11.3 Å². The maximum Gasteiger partial charge on any atom is 0.363 e. The predicted molar refractivity (Wildman–Crippen MR) is 61.4 cm³/mol. The van der Waals surface area contributed by atoms with Gasteiger partial charge >= 0.3 is 17.5 Å². The number of oxime groups is 1. The van der Waals surface area contributed by atoms with E-state index in [2.05, 4.69) is 9.99 Å². The highest BCUT2D eigenvalue weighted by Gasteiger charge is 2.54. The minimum atomic E-state index is -2.31. The summed E-state index contributed by atoms with van der Waals surface area (Å²) in [5.41, 5.74) is -0.347. The molecular weight excluding hydrogens is 238 g/mol. The van der Waals surface area contributed by atoms with E-state index in [1.54, 1.807) is 18.2 Å². The summed E-state index contributed by atoms with van der Waals surface area (Å²) in [5, 5.41) is 21.5. The summed E-state index contributed by atoms with van der Waals surface area (Å²) in [5.74, 6) is -3.11. The van der Waals surface area contributed by atoms with Gasteiger partial charge in [-0.25, -0.2) is 9.59 Å². The molecular formula is C12H11NO5. The summed E-state index contributed by atoms with van der Waals surface area (Å²) in [4.78, 5) is 26.7. The number of hydrogen-bond donors (Lipinski definition) is 2. The maximum absolute atomic E-state index is 11.0. The van der Waals surface area contributed by atoms with Gasteiger partial charge in [0.05, 0.1) is 12.1 Å². The van der Waals surface area contributed by atoms with Crippen LogP contribution in [0.5, 0.6) is 0 Å². The van der Waals surface area contributed by atoms with Crippen molar-refractivity contribution in [2.45, 2.75) is 18.9 Å². The SMILES string of the molecule is Cc1cccc(C2=NOC(C(=O)O)(C(=O)O)C2)c1. The molecule has 0 fully saturated rings. The van der Waals surface area contributed by atoms with Gasteiger partial charge in [0.2, 0.25) is 0 Å². The molecule has 0 radical (unpaired) electrons. The minimum Gasteiger partial charge on any atom is -0.478 e. The Morgan fingerprint density at radius 3 is 2.50 bits per heavy atom. The predicted octanol–water partition coefficient (Wildman–Crippen LogP) is 1.03. The Balaban J connectivity index is 2.31. The summed E-state index contributed by atoms with van der Waals surface area (Å²) < 4.78 is 0. The van der Waals surface area contributed by atoms with E-state index in [1.807, 2.05) is 13.0 Å². The Kier molecular flexibility index (Phi) is 2.78. The summed E-state index contributed by atoms with van der Waals surface area (Å²) >= 11 is 0. The molecule has 2 rings (SSSR count). The third kappa shape index (κ3) is 1.81. The van der Waals surface area contributed by atoms with Crippen LogP contribution in [0, 0.1) is 6.92 Å². The normalized spacial score (nSPS) is 16.8. The number of aliphatic carboxylic acids is 2.